The van der Waals surface area contributed by atoms with Gasteiger partial charge in [-0.15, -0.1) is 0 Å². The van der Waals surface area contributed by atoms with Gasteiger partial charge in [0.25, 0.3) is 0 Å². The highest BCUT2D eigenvalue weighted by molar-refractivity contribution is 5.86. The third-order valence-corrected chi connectivity index (χ3v) is 4.11. The molecular formula is C22H27NO6. The maximum absolute atomic E-state index is 12.3. The molecule has 0 spiro atoms. The zero-order valence-electron chi connectivity index (χ0n) is 17.2. The number of methoxy groups -OCH3 is 1. The highest BCUT2D eigenvalue weighted by Crippen LogP contribution is 2.37. The largest absolute Gasteiger partial charge is 0.497 e. The average Bonchev–Trinajstić information content (AvgIpc) is 3.19. The molecule has 3 rings (SSSR count). The van der Waals surface area contributed by atoms with Gasteiger partial charge in [-0.25, -0.2) is 4.79 Å². The molecule has 1 saturated heterocycles. The lowest BCUT2D eigenvalue weighted by molar-refractivity contribution is -0.0453. The zero-order valence-corrected chi connectivity index (χ0v) is 17.2. The van der Waals surface area contributed by atoms with E-state index < -0.39 is 18.0 Å². The van der Waals surface area contributed by atoms with Crippen LogP contribution in [-0.4, -0.2) is 32.0 Å². The summed E-state index contributed by atoms with van der Waals surface area (Å²) in [6.45, 7) is 6.73. The molecule has 2 aromatic carbocycles. The summed E-state index contributed by atoms with van der Waals surface area (Å²) in [4.78, 5) is 12.3. The fraction of sp³-hybridized carbons (Fsp3) is 0.409. The lowest BCUT2D eigenvalue weighted by atomic mass is 10.1. The topological polar surface area (TPSA) is 75.3 Å². The normalized spacial score (nSPS) is 14.5. The van der Waals surface area contributed by atoms with Crippen molar-refractivity contribution in [2.45, 2.75) is 39.3 Å². The molecule has 1 N–H and O–H groups in total. The molecule has 7 heteroatoms. The molecule has 0 aromatic heterocycles. The molecular weight excluding hydrogens is 374 g/mol. The van der Waals surface area contributed by atoms with Crippen molar-refractivity contribution in [3.8, 4) is 11.5 Å². The van der Waals surface area contributed by atoms with Crippen LogP contribution in [0.5, 0.6) is 11.5 Å². The van der Waals surface area contributed by atoms with E-state index in [9.17, 15) is 4.79 Å². The monoisotopic (exact) mass is 401 g/mol. The van der Waals surface area contributed by atoms with Crippen LogP contribution in [0, 0.1) is 0 Å². The standard InChI is InChI=1S/C22H27NO6/c1-22(2,3)29-21(24)23-17-6-5-7-18(19(17)20-26-12-13-27-20)28-14-15-8-10-16(25-4)11-9-15/h5-11,20H,12-14H2,1-4H3,(H,23,24). The number of ether oxygens (including phenoxy) is 5. The number of rotatable bonds is 6. The average molecular weight is 401 g/mol. The maximum Gasteiger partial charge on any atom is 0.412 e. The van der Waals surface area contributed by atoms with E-state index in [0.29, 0.717) is 36.8 Å². The number of anilines is 1. The Labute approximate surface area is 170 Å². The van der Waals surface area contributed by atoms with Crippen molar-refractivity contribution in [3.05, 3.63) is 53.6 Å². The zero-order chi connectivity index (χ0) is 20.9. The van der Waals surface area contributed by atoms with Crippen LogP contribution < -0.4 is 14.8 Å². The van der Waals surface area contributed by atoms with Crippen molar-refractivity contribution in [3.63, 3.8) is 0 Å². The molecule has 0 aliphatic carbocycles. The van der Waals surface area contributed by atoms with E-state index >= 15 is 0 Å². The van der Waals surface area contributed by atoms with Crippen molar-refractivity contribution in [1.82, 2.24) is 0 Å². The smallest absolute Gasteiger partial charge is 0.412 e. The SMILES string of the molecule is COc1ccc(COc2cccc(NC(=O)OC(C)(C)C)c2C2OCCO2)cc1. The lowest BCUT2D eigenvalue weighted by Crippen LogP contribution is -2.27. The molecule has 0 atom stereocenters. The molecule has 29 heavy (non-hydrogen) atoms. The first-order valence-corrected chi connectivity index (χ1v) is 9.47. The molecule has 0 bridgehead atoms. The minimum absolute atomic E-state index is 0.347. The van der Waals surface area contributed by atoms with Gasteiger partial charge in [0.1, 0.15) is 23.7 Å². The Kier molecular flexibility index (Phi) is 6.61. The van der Waals surface area contributed by atoms with Crippen LogP contribution in [0.2, 0.25) is 0 Å². The summed E-state index contributed by atoms with van der Waals surface area (Å²) < 4.78 is 27.9. The van der Waals surface area contributed by atoms with E-state index in [1.165, 1.54) is 0 Å². The van der Waals surface area contributed by atoms with Crippen molar-refractivity contribution in [1.29, 1.82) is 0 Å². The number of hydrogen-bond donors (Lipinski definition) is 1. The summed E-state index contributed by atoms with van der Waals surface area (Å²) >= 11 is 0. The predicted octanol–water partition coefficient (Wildman–Crippen LogP) is 4.67. The van der Waals surface area contributed by atoms with E-state index in [4.69, 9.17) is 23.7 Å². The van der Waals surface area contributed by atoms with Crippen LogP contribution in [0.15, 0.2) is 42.5 Å². The van der Waals surface area contributed by atoms with Gasteiger partial charge < -0.3 is 23.7 Å². The number of nitrogens with one attached hydrogen (secondary N) is 1. The fourth-order valence-electron chi connectivity index (χ4n) is 2.84. The van der Waals surface area contributed by atoms with Gasteiger partial charge in [0, 0.05) is 0 Å². The van der Waals surface area contributed by atoms with Crippen LogP contribution in [0.4, 0.5) is 10.5 Å². The lowest BCUT2D eigenvalue weighted by Gasteiger charge is -2.22. The second-order valence-electron chi connectivity index (χ2n) is 7.55. The first kappa shape index (κ1) is 21.0. The van der Waals surface area contributed by atoms with Gasteiger partial charge in [0.2, 0.25) is 0 Å². The maximum atomic E-state index is 12.3. The van der Waals surface area contributed by atoms with Gasteiger partial charge in [-0.3, -0.25) is 5.32 Å². The highest BCUT2D eigenvalue weighted by Gasteiger charge is 2.27. The number of amides is 1. The molecule has 1 heterocycles. The minimum Gasteiger partial charge on any atom is -0.497 e. The summed E-state index contributed by atoms with van der Waals surface area (Å²) in [5.74, 6) is 1.35. The molecule has 0 unspecified atom stereocenters. The molecule has 1 aliphatic heterocycles. The number of benzene rings is 2. The van der Waals surface area contributed by atoms with E-state index in [1.807, 2.05) is 51.1 Å². The molecule has 2 aromatic rings. The minimum atomic E-state index is -0.619. The van der Waals surface area contributed by atoms with Crippen molar-refractivity contribution >= 4 is 11.8 Å². The Bertz CT molecular complexity index is 822. The van der Waals surface area contributed by atoms with Crippen molar-refractivity contribution in [2.75, 3.05) is 25.6 Å². The van der Waals surface area contributed by atoms with E-state index in [2.05, 4.69) is 5.32 Å². The van der Waals surface area contributed by atoms with E-state index in [-0.39, 0.29) is 0 Å². The molecule has 1 aliphatic rings. The van der Waals surface area contributed by atoms with Crippen molar-refractivity contribution in [2.24, 2.45) is 0 Å². The summed E-state index contributed by atoms with van der Waals surface area (Å²) in [5, 5.41) is 2.78. The Morgan fingerprint density at radius 1 is 1.10 bits per heavy atom. The summed E-state index contributed by atoms with van der Waals surface area (Å²) in [6, 6.07) is 13.0. The number of carbonyl (C=O) groups is 1. The van der Waals surface area contributed by atoms with Gasteiger partial charge in [0.15, 0.2) is 6.29 Å². The third-order valence-electron chi connectivity index (χ3n) is 4.11. The van der Waals surface area contributed by atoms with Crippen LogP contribution >= 0.6 is 0 Å². The fourth-order valence-corrected chi connectivity index (χ4v) is 2.84. The summed E-state index contributed by atoms with van der Waals surface area (Å²) in [6.07, 6.45) is -1.17. The quantitative estimate of drug-likeness (QED) is 0.758. The van der Waals surface area contributed by atoms with E-state index in [1.54, 1.807) is 19.2 Å². The second kappa shape index (κ2) is 9.15. The van der Waals surface area contributed by atoms with Crippen LogP contribution in [0.1, 0.15) is 38.2 Å². The molecule has 156 valence electrons. The number of hydrogen-bond acceptors (Lipinski definition) is 6. The molecule has 0 radical (unpaired) electrons. The Hall–Kier alpha value is -2.77. The second-order valence-corrected chi connectivity index (χ2v) is 7.55. The third kappa shape index (κ3) is 5.85. The Morgan fingerprint density at radius 2 is 1.79 bits per heavy atom. The Morgan fingerprint density at radius 3 is 2.41 bits per heavy atom. The molecule has 1 amide bonds. The number of carbonyl (C=O) groups excluding carboxylic acids is 1. The van der Waals surface area contributed by atoms with Gasteiger partial charge in [0.05, 0.1) is 31.6 Å². The Balaban J connectivity index is 1.80. The first-order chi connectivity index (χ1) is 13.9. The molecule has 1 fully saturated rings. The highest BCUT2D eigenvalue weighted by atomic mass is 16.7. The van der Waals surface area contributed by atoms with Crippen LogP contribution in [-0.2, 0) is 20.8 Å². The molecule has 0 saturated carbocycles. The summed E-state index contributed by atoms with van der Waals surface area (Å²) in [5.41, 5.74) is 1.53. The van der Waals surface area contributed by atoms with Crippen LogP contribution in [0.25, 0.3) is 0 Å². The van der Waals surface area contributed by atoms with Gasteiger partial charge in [-0.05, 0) is 50.6 Å². The van der Waals surface area contributed by atoms with Crippen LogP contribution in [0.3, 0.4) is 0 Å². The first-order valence-electron chi connectivity index (χ1n) is 9.47. The predicted molar refractivity (Wildman–Crippen MR) is 108 cm³/mol. The van der Waals surface area contributed by atoms with E-state index in [0.717, 1.165) is 11.3 Å². The van der Waals surface area contributed by atoms with Gasteiger partial charge >= 0.3 is 6.09 Å². The van der Waals surface area contributed by atoms with Gasteiger partial charge in [-0.1, -0.05) is 18.2 Å². The summed E-state index contributed by atoms with van der Waals surface area (Å²) in [7, 11) is 1.63. The van der Waals surface area contributed by atoms with Crippen molar-refractivity contribution < 1.29 is 28.5 Å². The van der Waals surface area contributed by atoms with Gasteiger partial charge in [-0.2, -0.15) is 0 Å². The molecule has 7 nitrogen and oxygen atoms in total.